The van der Waals surface area contributed by atoms with E-state index in [9.17, 15) is 13.8 Å². The normalized spacial score (nSPS) is 13.4. The SMILES string of the molecule is CC(C)[C@H](NC(=O)OC(C)(C)C)/C(=N\P(=O)(c1ccccc1)c1ccccc1)c1ccc(F)cc1. The predicted molar refractivity (Wildman–Crippen MR) is 141 cm³/mol. The minimum atomic E-state index is -3.53. The lowest BCUT2D eigenvalue weighted by Crippen LogP contribution is -2.47. The molecule has 3 aromatic rings. The zero-order chi connectivity index (χ0) is 25.6. The van der Waals surface area contributed by atoms with Gasteiger partial charge in [-0.2, -0.15) is 0 Å². The van der Waals surface area contributed by atoms with Crippen LogP contribution in [-0.2, 0) is 9.30 Å². The Bertz CT molecular complexity index is 1160. The van der Waals surface area contributed by atoms with Gasteiger partial charge in [0.1, 0.15) is 11.4 Å². The molecule has 0 bridgehead atoms. The summed E-state index contributed by atoms with van der Waals surface area (Å²) in [4.78, 5) is 12.8. The number of carbonyl (C=O) groups is 1. The van der Waals surface area contributed by atoms with Crippen molar-refractivity contribution in [3.63, 3.8) is 0 Å². The molecule has 7 heteroatoms. The third-order valence-electron chi connectivity index (χ3n) is 5.23. The van der Waals surface area contributed by atoms with Crippen molar-refractivity contribution in [1.29, 1.82) is 0 Å². The van der Waals surface area contributed by atoms with Crippen molar-refractivity contribution in [2.75, 3.05) is 0 Å². The van der Waals surface area contributed by atoms with Crippen LogP contribution in [0.25, 0.3) is 0 Å². The van der Waals surface area contributed by atoms with Gasteiger partial charge in [0.15, 0.2) is 0 Å². The monoisotopic (exact) mass is 494 g/mol. The minimum absolute atomic E-state index is 0.133. The first-order valence-corrected chi connectivity index (χ1v) is 13.2. The van der Waals surface area contributed by atoms with Crippen molar-refractivity contribution in [3.8, 4) is 0 Å². The molecule has 0 spiro atoms. The van der Waals surface area contributed by atoms with Crippen molar-refractivity contribution in [2.24, 2.45) is 10.7 Å². The summed E-state index contributed by atoms with van der Waals surface area (Å²) in [5, 5.41) is 4.03. The second-order valence-corrected chi connectivity index (χ2v) is 12.0. The van der Waals surface area contributed by atoms with E-state index in [2.05, 4.69) is 5.32 Å². The van der Waals surface area contributed by atoms with E-state index in [0.29, 0.717) is 21.9 Å². The predicted octanol–water partition coefficient (Wildman–Crippen LogP) is 6.09. The minimum Gasteiger partial charge on any atom is -0.444 e. The largest absolute Gasteiger partial charge is 0.444 e. The fraction of sp³-hybridized carbons (Fsp3) is 0.286. The molecule has 3 aromatic carbocycles. The molecule has 0 aliphatic carbocycles. The Balaban J connectivity index is 2.23. The van der Waals surface area contributed by atoms with Gasteiger partial charge in [-0.05, 0) is 68.7 Å². The van der Waals surface area contributed by atoms with Gasteiger partial charge in [0.2, 0.25) is 7.29 Å². The lowest BCUT2D eigenvalue weighted by Gasteiger charge is -2.28. The molecule has 3 rings (SSSR count). The van der Waals surface area contributed by atoms with Crippen LogP contribution in [-0.4, -0.2) is 23.4 Å². The molecule has 184 valence electrons. The Morgan fingerprint density at radius 2 is 1.37 bits per heavy atom. The standard InChI is InChI=1S/C28H32FN2O3P/c1-20(2)25(30-27(32)34-28(3,4)5)26(21-16-18-22(29)19-17-21)31-35(33,23-12-8-6-9-13-23)24-14-10-7-11-15-24/h6-20,25H,1-5H3,(H,30,32)/b31-26-/t25-/m0/s1. The molecule has 0 unspecified atom stereocenters. The Hall–Kier alpha value is -3.24. The summed E-state index contributed by atoms with van der Waals surface area (Å²) < 4.78 is 38.9. The number of alkyl carbamates (subject to hydrolysis) is 1. The van der Waals surface area contributed by atoms with Crippen LogP contribution in [0.15, 0.2) is 89.7 Å². The second-order valence-electron chi connectivity index (χ2n) is 9.61. The highest BCUT2D eigenvalue weighted by atomic mass is 31.2. The number of amides is 1. The first kappa shape index (κ1) is 26.4. The molecular weight excluding hydrogens is 462 g/mol. The highest BCUT2D eigenvalue weighted by molar-refractivity contribution is 7.77. The van der Waals surface area contributed by atoms with Crippen LogP contribution in [0.5, 0.6) is 0 Å². The molecule has 0 radical (unpaired) electrons. The van der Waals surface area contributed by atoms with Crippen molar-refractivity contribution in [1.82, 2.24) is 5.32 Å². The number of hydrogen-bond donors (Lipinski definition) is 1. The van der Waals surface area contributed by atoms with Gasteiger partial charge < -0.3 is 10.1 Å². The average molecular weight is 495 g/mol. The van der Waals surface area contributed by atoms with E-state index in [1.807, 2.05) is 50.2 Å². The molecule has 0 aliphatic rings. The van der Waals surface area contributed by atoms with Gasteiger partial charge in [0.05, 0.1) is 11.8 Å². The van der Waals surface area contributed by atoms with Crippen LogP contribution in [0, 0.1) is 11.7 Å². The Morgan fingerprint density at radius 3 is 1.80 bits per heavy atom. The van der Waals surface area contributed by atoms with E-state index in [-0.39, 0.29) is 5.92 Å². The van der Waals surface area contributed by atoms with E-state index >= 15 is 0 Å². The topological polar surface area (TPSA) is 67.8 Å². The van der Waals surface area contributed by atoms with Crippen LogP contribution in [0.1, 0.15) is 40.2 Å². The molecule has 1 atom stereocenters. The zero-order valence-electron chi connectivity index (χ0n) is 20.7. The molecule has 35 heavy (non-hydrogen) atoms. The number of nitrogens with one attached hydrogen (secondary N) is 1. The molecule has 0 aromatic heterocycles. The van der Waals surface area contributed by atoms with Gasteiger partial charge in [-0.15, -0.1) is 0 Å². The van der Waals surface area contributed by atoms with Crippen molar-refractivity contribution < 1.29 is 18.5 Å². The van der Waals surface area contributed by atoms with E-state index in [1.54, 1.807) is 57.2 Å². The van der Waals surface area contributed by atoms with E-state index in [0.717, 1.165) is 0 Å². The number of carbonyl (C=O) groups excluding carboxylic acids is 1. The smallest absolute Gasteiger partial charge is 0.408 e. The van der Waals surface area contributed by atoms with Crippen LogP contribution < -0.4 is 15.9 Å². The third-order valence-corrected chi connectivity index (χ3v) is 7.73. The molecule has 1 amide bonds. The summed E-state index contributed by atoms with van der Waals surface area (Å²) in [6, 6.07) is 23.3. The fourth-order valence-corrected chi connectivity index (χ4v) is 5.81. The van der Waals surface area contributed by atoms with Crippen LogP contribution in [0.4, 0.5) is 9.18 Å². The number of rotatable bonds is 7. The molecule has 5 nitrogen and oxygen atoms in total. The van der Waals surface area contributed by atoms with Gasteiger partial charge in [-0.3, -0.25) is 4.57 Å². The first-order valence-electron chi connectivity index (χ1n) is 11.6. The van der Waals surface area contributed by atoms with Gasteiger partial charge in [-0.1, -0.05) is 62.4 Å². The maximum Gasteiger partial charge on any atom is 0.408 e. The molecule has 0 heterocycles. The van der Waals surface area contributed by atoms with E-state index in [1.165, 1.54) is 12.1 Å². The van der Waals surface area contributed by atoms with Crippen LogP contribution in [0.3, 0.4) is 0 Å². The molecule has 0 saturated heterocycles. The van der Waals surface area contributed by atoms with Crippen LogP contribution >= 0.6 is 7.29 Å². The van der Waals surface area contributed by atoms with Gasteiger partial charge in [-0.25, -0.2) is 13.9 Å². The summed E-state index contributed by atoms with van der Waals surface area (Å²) in [6.07, 6.45) is -0.611. The summed E-state index contributed by atoms with van der Waals surface area (Å²) in [6.45, 7) is 9.20. The maximum atomic E-state index is 14.7. The van der Waals surface area contributed by atoms with E-state index < -0.39 is 30.8 Å². The summed E-state index contributed by atoms with van der Waals surface area (Å²) in [5.41, 5.74) is 0.262. The second kappa shape index (κ2) is 11.0. The number of hydrogen-bond acceptors (Lipinski definition) is 3. The Labute approximate surface area is 206 Å². The highest BCUT2D eigenvalue weighted by Gasteiger charge is 2.32. The molecule has 1 N–H and O–H groups in total. The number of ether oxygens (including phenoxy) is 1. The Morgan fingerprint density at radius 1 is 0.886 bits per heavy atom. The number of benzene rings is 3. The lowest BCUT2D eigenvalue weighted by atomic mass is 9.94. The number of nitrogens with zero attached hydrogens (tertiary/aromatic N) is 1. The maximum absolute atomic E-state index is 14.7. The summed E-state index contributed by atoms with van der Waals surface area (Å²) in [7, 11) is -3.53. The molecule has 0 fully saturated rings. The lowest BCUT2D eigenvalue weighted by molar-refractivity contribution is 0.0508. The Kier molecular flexibility index (Phi) is 8.29. The molecule has 0 aliphatic heterocycles. The molecule has 0 saturated carbocycles. The van der Waals surface area contributed by atoms with Gasteiger partial charge in [0.25, 0.3) is 0 Å². The highest BCUT2D eigenvalue weighted by Crippen LogP contribution is 2.46. The fourth-order valence-electron chi connectivity index (χ4n) is 3.58. The summed E-state index contributed by atoms with van der Waals surface area (Å²) in [5.74, 6) is -0.532. The van der Waals surface area contributed by atoms with Crippen molar-refractivity contribution in [3.05, 3.63) is 96.3 Å². The third kappa shape index (κ3) is 6.89. The average Bonchev–Trinajstić information content (AvgIpc) is 2.81. The van der Waals surface area contributed by atoms with Gasteiger partial charge in [0, 0.05) is 10.6 Å². The van der Waals surface area contributed by atoms with Crippen molar-refractivity contribution >= 4 is 29.7 Å². The summed E-state index contributed by atoms with van der Waals surface area (Å²) >= 11 is 0. The van der Waals surface area contributed by atoms with Crippen molar-refractivity contribution in [2.45, 2.75) is 46.3 Å². The quantitative estimate of drug-likeness (QED) is 0.319. The van der Waals surface area contributed by atoms with E-state index in [4.69, 9.17) is 9.50 Å². The zero-order valence-corrected chi connectivity index (χ0v) is 21.6. The first-order chi connectivity index (χ1) is 16.5. The van der Waals surface area contributed by atoms with Crippen LogP contribution in [0.2, 0.25) is 0 Å². The molecular formula is C28H32FN2O3P. The van der Waals surface area contributed by atoms with Gasteiger partial charge >= 0.3 is 6.09 Å². The number of halogens is 1.